The highest BCUT2D eigenvalue weighted by atomic mass is 32.2. The van der Waals surface area contributed by atoms with Gasteiger partial charge in [-0.05, 0) is 44.4 Å². The molecule has 1 heterocycles. The minimum atomic E-state index is -3.60. The molecule has 1 aromatic rings. The van der Waals surface area contributed by atoms with Crippen molar-refractivity contribution >= 4 is 15.9 Å². The van der Waals surface area contributed by atoms with Crippen LogP contribution in [0.25, 0.3) is 0 Å². The average molecular weight is 366 g/mol. The molecule has 1 N–H and O–H groups in total. The molecule has 1 aliphatic heterocycles. The molecule has 0 aromatic heterocycles. The van der Waals surface area contributed by atoms with E-state index >= 15 is 0 Å². The van der Waals surface area contributed by atoms with E-state index in [9.17, 15) is 13.2 Å². The molecule has 0 spiro atoms. The van der Waals surface area contributed by atoms with Crippen molar-refractivity contribution in [1.29, 1.82) is 0 Å². The zero-order valence-electron chi connectivity index (χ0n) is 14.9. The Balaban J connectivity index is 1.86. The van der Waals surface area contributed by atoms with Crippen LogP contribution in [0.2, 0.25) is 0 Å². The van der Waals surface area contributed by atoms with E-state index < -0.39 is 10.0 Å². The third-order valence-corrected chi connectivity index (χ3v) is 7.08. The van der Waals surface area contributed by atoms with Gasteiger partial charge in [-0.15, -0.1) is 0 Å². The molecule has 1 aliphatic carbocycles. The quantitative estimate of drug-likeness (QED) is 0.885. The molecule has 2 fully saturated rings. The molecule has 3 rings (SSSR count). The van der Waals surface area contributed by atoms with Gasteiger partial charge in [0.1, 0.15) is 0 Å². The number of carbonyl (C=O) groups excluding carboxylic acids is 1. The summed E-state index contributed by atoms with van der Waals surface area (Å²) in [6.45, 7) is 5.37. The van der Waals surface area contributed by atoms with E-state index in [1.54, 1.807) is 12.1 Å². The van der Waals surface area contributed by atoms with Gasteiger partial charge < -0.3 is 10.1 Å². The third kappa shape index (κ3) is 3.88. The highest BCUT2D eigenvalue weighted by Gasteiger charge is 2.32. The van der Waals surface area contributed by atoms with Crippen molar-refractivity contribution in [3.63, 3.8) is 0 Å². The molecule has 1 amide bonds. The van der Waals surface area contributed by atoms with Crippen LogP contribution in [0.3, 0.4) is 0 Å². The molecule has 6 nitrogen and oxygen atoms in total. The molecule has 2 aliphatic rings. The van der Waals surface area contributed by atoms with E-state index in [4.69, 9.17) is 4.74 Å². The van der Waals surface area contributed by atoms with Crippen LogP contribution < -0.4 is 5.32 Å². The van der Waals surface area contributed by atoms with Crippen molar-refractivity contribution in [1.82, 2.24) is 9.62 Å². The van der Waals surface area contributed by atoms with Crippen molar-refractivity contribution in [3.8, 4) is 0 Å². The standard InChI is InChI=1S/C18H26N2O4S/c1-14-5-6-15(25(22,23)20-9-11-24-12-10-20)13-16(14)17(21)19-18(2)7-3-4-8-18/h5-6,13H,3-4,7-12H2,1-2H3,(H,19,21). The number of nitrogens with one attached hydrogen (secondary N) is 1. The predicted octanol–water partition coefficient (Wildman–Crippen LogP) is 2.08. The summed E-state index contributed by atoms with van der Waals surface area (Å²) in [7, 11) is -3.60. The summed E-state index contributed by atoms with van der Waals surface area (Å²) in [5.41, 5.74) is 1.02. The topological polar surface area (TPSA) is 75.7 Å². The number of morpholine rings is 1. The Morgan fingerprint density at radius 2 is 1.84 bits per heavy atom. The smallest absolute Gasteiger partial charge is 0.252 e. The monoisotopic (exact) mass is 366 g/mol. The van der Waals surface area contributed by atoms with E-state index in [-0.39, 0.29) is 16.3 Å². The number of ether oxygens (including phenoxy) is 1. The number of carbonyl (C=O) groups is 1. The van der Waals surface area contributed by atoms with E-state index in [2.05, 4.69) is 12.2 Å². The second-order valence-electron chi connectivity index (χ2n) is 7.22. The van der Waals surface area contributed by atoms with Gasteiger partial charge in [-0.2, -0.15) is 4.31 Å². The molecule has 7 heteroatoms. The molecule has 0 atom stereocenters. The molecular formula is C18H26N2O4S. The normalized spacial score (nSPS) is 21.2. The Kier molecular flexibility index (Phi) is 5.18. The molecule has 0 radical (unpaired) electrons. The van der Waals surface area contributed by atoms with Crippen molar-refractivity contribution < 1.29 is 17.9 Å². The van der Waals surface area contributed by atoms with Crippen molar-refractivity contribution in [2.45, 2.75) is 50.0 Å². The maximum absolute atomic E-state index is 12.8. The highest BCUT2D eigenvalue weighted by molar-refractivity contribution is 7.89. The van der Waals surface area contributed by atoms with E-state index in [0.717, 1.165) is 31.2 Å². The van der Waals surface area contributed by atoms with Gasteiger partial charge >= 0.3 is 0 Å². The number of amides is 1. The number of benzene rings is 1. The maximum Gasteiger partial charge on any atom is 0.252 e. The summed E-state index contributed by atoms with van der Waals surface area (Å²) >= 11 is 0. The first-order chi connectivity index (χ1) is 11.8. The summed E-state index contributed by atoms with van der Waals surface area (Å²) in [5, 5.41) is 3.10. The van der Waals surface area contributed by atoms with Gasteiger partial charge in [-0.3, -0.25) is 4.79 Å². The van der Waals surface area contributed by atoms with Crippen LogP contribution >= 0.6 is 0 Å². The second-order valence-corrected chi connectivity index (χ2v) is 9.15. The Bertz CT molecular complexity index is 748. The lowest BCUT2D eigenvalue weighted by Gasteiger charge is -2.27. The van der Waals surface area contributed by atoms with Crippen LogP contribution in [0.4, 0.5) is 0 Å². The number of aryl methyl sites for hydroxylation is 1. The number of hydrogen-bond acceptors (Lipinski definition) is 4. The average Bonchev–Trinajstić information content (AvgIpc) is 3.02. The fourth-order valence-corrected chi connectivity index (χ4v) is 5.00. The highest BCUT2D eigenvalue weighted by Crippen LogP contribution is 2.29. The summed E-state index contributed by atoms with van der Waals surface area (Å²) < 4.78 is 32.3. The predicted molar refractivity (Wildman–Crippen MR) is 95.1 cm³/mol. The number of sulfonamides is 1. The van der Waals surface area contributed by atoms with Crippen LogP contribution in [0.15, 0.2) is 23.1 Å². The van der Waals surface area contributed by atoms with Crippen molar-refractivity contribution in [2.24, 2.45) is 0 Å². The van der Waals surface area contributed by atoms with Gasteiger partial charge in [-0.25, -0.2) is 8.42 Å². The van der Waals surface area contributed by atoms with Crippen molar-refractivity contribution in [2.75, 3.05) is 26.3 Å². The molecule has 1 saturated heterocycles. The molecule has 0 bridgehead atoms. The SMILES string of the molecule is Cc1ccc(S(=O)(=O)N2CCOCC2)cc1C(=O)NC1(C)CCCC1. The Labute approximate surface area is 149 Å². The van der Waals surface area contributed by atoms with Gasteiger partial charge in [-0.1, -0.05) is 18.9 Å². The van der Waals surface area contributed by atoms with Gasteiger partial charge in [0.15, 0.2) is 0 Å². The minimum Gasteiger partial charge on any atom is -0.379 e. The Morgan fingerprint density at radius 3 is 2.48 bits per heavy atom. The number of rotatable bonds is 4. The van der Waals surface area contributed by atoms with Crippen molar-refractivity contribution in [3.05, 3.63) is 29.3 Å². The first kappa shape index (κ1) is 18.4. The van der Waals surface area contributed by atoms with Gasteiger partial charge in [0.05, 0.1) is 18.1 Å². The summed E-state index contributed by atoms with van der Waals surface area (Å²) in [5.74, 6) is -0.194. The molecular weight excluding hydrogens is 340 g/mol. The zero-order valence-corrected chi connectivity index (χ0v) is 15.7. The summed E-state index contributed by atoms with van der Waals surface area (Å²) in [4.78, 5) is 12.9. The zero-order chi connectivity index (χ0) is 18.1. The van der Waals surface area contributed by atoms with Crippen LogP contribution in [0.1, 0.15) is 48.5 Å². The molecule has 1 saturated carbocycles. The molecule has 1 aromatic carbocycles. The van der Waals surface area contributed by atoms with E-state index in [1.165, 1.54) is 10.4 Å². The largest absolute Gasteiger partial charge is 0.379 e. The minimum absolute atomic E-state index is 0.168. The van der Waals surface area contributed by atoms with Crippen LogP contribution in [-0.4, -0.2) is 50.5 Å². The fraction of sp³-hybridized carbons (Fsp3) is 0.611. The lowest BCUT2D eigenvalue weighted by molar-refractivity contribution is 0.0730. The molecule has 138 valence electrons. The number of nitrogens with zero attached hydrogens (tertiary/aromatic N) is 1. The molecule has 0 unspecified atom stereocenters. The van der Waals surface area contributed by atoms with Crippen LogP contribution in [-0.2, 0) is 14.8 Å². The molecule has 25 heavy (non-hydrogen) atoms. The summed E-state index contributed by atoms with van der Waals surface area (Å²) in [6, 6.07) is 4.79. The third-order valence-electron chi connectivity index (χ3n) is 5.18. The van der Waals surface area contributed by atoms with E-state index in [1.807, 2.05) is 6.92 Å². The van der Waals surface area contributed by atoms with Crippen LogP contribution in [0, 0.1) is 6.92 Å². The first-order valence-corrected chi connectivity index (χ1v) is 10.3. The maximum atomic E-state index is 12.8. The Morgan fingerprint density at radius 1 is 1.20 bits per heavy atom. The summed E-state index contributed by atoms with van der Waals surface area (Å²) in [6.07, 6.45) is 4.15. The van der Waals surface area contributed by atoms with Crippen LogP contribution in [0.5, 0.6) is 0 Å². The Hall–Kier alpha value is -1.44. The lowest BCUT2D eigenvalue weighted by atomic mass is 9.99. The van der Waals surface area contributed by atoms with Gasteiger partial charge in [0.25, 0.3) is 5.91 Å². The number of hydrogen-bond donors (Lipinski definition) is 1. The van der Waals surface area contributed by atoms with E-state index in [0.29, 0.717) is 31.9 Å². The first-order valence-electron chi connectivity index (χ1n) is 8.83. The second kappa shape index (κ2) is 7.05. The lowest BCUT2D eigenvalue weighted by Crippen LogP contribution is -2.44. The fourth-order valence-electron chi connectivity index (χ4n) is 3.56. The van der Waals surface area contributed by atoms with Gasteiger partial charge in [0.2, 0.25) is 10.0 Å². The van der Waals surface area contributed by atoms with Gasteiger partial charge in [0, 0.05) is 24.2 Å².